The van der Waals surface area contributed by atoms with Crippen LogP contribution < -0.4 is 0 Å². The summed E-state index contributed by atoms with van der Waals surface area (Å²) in [6.45, 7) is 8.57. The normalized spacial score (nSPS) is 12.3. The third-order valence-corrected chi connectivity index (χ3v) is 2.44. The van der Waals surface area contributed by atoms with Crippen LogP contribution in [0.2, 0.25) is 0 Å². The van der Waals surface area contributed by atoms with Gasteiger partial charge in [0.25, 0.3) is 0 Å². The van der Waals surface area contributed by atoms with Gasteiger partial charge in [-0.3, -0.25) is 4.40 Å². The van der Waals surface area contributed by atoms with Gasteiger partial charge in [-0.25, -0.2) is 0 Å². The zero-order valence-corrected chi connectivity index (χ0v) is 9.07. The van der Waals surface area contributed by atoms with Gasteiger partial charge in [0.1, 0.15) is 5.82 Å². The van der Waals surface area contributed by atoms with E-state index in [-0.39, 0.29) is 5.41 Å². The van der Waals surface area contributed by atoms with E-state index in [2.05, 4.69) is 43.2 Å². The molecule has 0 spiro atoms. The summed E-state index contributed by atoms with van der Waals surface area (Å²) in [5, 5.41) is 8.09. The molecule has 2 aromatic rings. The molecule has 0 saturated heterocycles. The highest BCUT2D eigenvalue weighted by Crippen LogP contribution is 2.22. The smallest absolute Gasteiger partial charge is 0.160 e. The molecule has 0 saturated carbocycles. The molecule has 0 aliphatic heterocycles. The van der Waals surface area contributed by atoms with Crippen LogP contribution in [0.5, 0.6) is 0 Å². The fraction of sp³-hybridized carbons (Fsp3) is 0.455. The first-order valence-corrected chi connectivity index (χ1v) is 4.80. The Hall–Kier alpha value is -1.38. The van der Waals surface area contributed by atoms with Crippen molar-refractivity contribution >= 4 is 5.65 Å². The second-order valence-electron chi connectivity index (χ2n) is 4.64. The lowest BCUT2D eigenvalue weighted by atomic mass is 9.88. The Balaban J connectivity index is 2.66. The molecular weight excluding hydrogens is 174 g/mol. The van der Waals surface area contributed by atoms with E-state index in [4.69, 9.17) is 0 Å². The molecule has 0 atom stereocenters. The molecule has 0 aromatic carbocycles. The summed E-state index contributed by atoms with van der Waals surface area (Å²) in [5.41, 5.74) is 2.38. The fourth-order valence-corrected chi connectivity index (χ4v) is 1.45. The van der Waals surface area contributed by atoms with E-state index in [1.807, 2.05) is 17.4 Å². The summed E-state index contributed by atoms with van der Waals surface area (Å²) < 4.78 is 2.03. The van der Waals surface area contributed by atoms with Gasteiger partial charge >= 0.3 is 0 Å². The predicted molar refractivity (Wildman–Crippen MR) is 56.4 cm³/mol. The second kappa shape index (κ2) is 2.80. The molecule has 3 heteroatoms. The van der Waals surface area contributed by atoms with Crippen molar-refractivity contribution in [1.29, 1.82) is 0 Å². The van der Waals surface area contributed by atoms with E-state index in [0.717, 1.165) is 11.5 Å². The molecule has 2 heterocycles. The highest BCUT2D eigenvalue weighted by molar-refractivity contribution is 5.40. The van der Waals surface area contributed by atoms with Gasteiger partial charge in [-0.2, -0.15) is 0 Å². The SMILES string of the molecule is Cc1nnc2ccc(C(C)(C)C)cn12. The highest BCUT2D eigenvalue weighted by atomic mass is 15.2. The largest absolute Gasteiger partial charge is 0.286 e. The van der Waals surface area contributed by atoms with Crippen molar-refractivity contribution in [2.75, 3.05) is 0 Å². The zero-order valence-electron chi connectivity index (χ0n) is 9.07. The van der Waals surface area contributed by atoms with Gasteiger partial charge in [0.05, 0.1) is 0 Å². The summed E-state index contributed by atoms with van der Waals surface area (Å²) in [6, 6.07) is 4.13. The maximum Gasteiger partial charge on any atom is 0.160 e. The molecule has 0 amide bonds. The van der Waals surface area contributed by atoms with Crippen molar-refractivity contribution in [2.24, 2.45) is 0 Å². The number of rotatable bonds is 0. The summed E-state index contributed by atoms with van der Waals surface area (Å²) in [5.74, 6) is 0.936. The lowest BCUT2D eigenvalue weighted by Crippen LogP contribution is -2.12. The van der Waals surface area contributed by atoms with Crippen molar-refractivity contribution in [1.82, 2.24) is 14.6 Å². The van der Waals surface area contributed by atoms with Gasteiger partial charge < -0.3 is 0 Å². The summed E-state index contributed by atoms with van der Waals surface area (Å²) in [6.07, 6.45) is 2.12. The lowest BCUT2D eigenvalue weighted by Gasteiger charge is -2.18. The molecule has 3 nitrogen and oxygen atoms in total. The maximum atomic E-state index is 4.05. The van der Waals surface area contributed by atoms with Crippen LogP contribution in [0, 0.1) is 6.92 Å². The maximum absolute atomic E-state index is 4.05. The third-order valence-electron chi connectivity index (χ3n) is 2.44. The van der Waals surface area contributed by atoms with Gasteiger partial charge in [-0.15, -0.1) is 10.2 Å². The van der Waals surface area contributed by atoms with E-state index in [9.17, 15) is 0 Å². The molecule has 0 unspecified atom stereocenters. The molecule has 0 aliphatic carbocycles. The second-order valence-corrected chi connectivity index (χ2v) is 4.64. The molecule has 0 radical (unpaired) electrons. The average Bonchev–Trinajstić information content (AvgIpc) is 2.46. The zero-order chi connectivity index (χ0) is 10.3. The van der Waals surface area contributed by atoms with Crippen LogP contribution in [0.1, 0.15) is 32.2 Å². The van der Waals surface area contributed by atoms with Crippen molar-refractivity contribution in [3.63, 3.8) is 0 Å². The van der Waals surface area contributed by atoms with Crippen LogP contribution in [0.4, 0.5) is 0 Å². The number of aromatic nitrogens is 3. The molecular formula is C11H15N3. The Bertz CT molecular complexity index is 463. The number of nitrogens with zero attached hydrogens (tertiary/aromatic N) is 3. The van der Waals surface area contributed by atoms with Crippen LogP contribution in [0.25, 0.3) is 5.65 Å². The summed E-state index contributed by atoms with van der Waals surface area (Å²) in [7, 11) is 0. The van der Waals surface area contributed by atoms with Gasteiger partial charge in [-0.05, 0) is 24.0 Å². The van der Waals surface area contributed by atoms with Crippen LogP contribution in [0.15, 0.2) is 18.3 Å². The number of hydrogen-bond donors (Lipinski definition) is 0. The van der Waals surface area contributed by atoms with Gasteiger partial charge in [0.15, 0.2) is 5.65 Å². The van der Waals surface area contributed by atoms with Crippen LogP contribution >= 0.6 is 0 Å². The van der Waals surface area contributed by atoms with Crippen molar-refractivity contribution < 1.29 is 0 Å². The van der Waals surface area contributed by atoms with Crippen molar-refractivity contribution in [2.45, 2.75) is 33.1 Å². The standard InChI is InChI=1S/C11H15N3/c1-8-12-13-10-6-5-9(7-14(8)10)11(2,3)4/h5-7H,1-4H3. The van der Waals surface area contributed by atoms with Crippen molar-refractivity contribution in [3.8, 4) is 0 Å². The molecule has 2 aromatic heterocycles. The first kappa shape index (κ1) is 9.19. The molecule has 2 rings (SSSR count). The number of fused-ring (bicyclic) bond motifs is 1. The molecule has 74 valence electrons. The van der Waals surface area contributed by atoms with Gasteiger partial charge in [0.2, 0.25) is 0 Å². The van der Waals surface area contributed by atoms with Gasteiger partial charge in [0, 0.05) is 6.20 Å². The minimum absolute atomic E-state index is 0.172. The third kappa shape index (κ3) is 1.39. The minimum Gasteiger partial charge on any atom is -0.286 e. The van der Waals surface area contributed by atoms with E-state index < -0.39 is 0 Å². The fourth-order valence-electron chi connectivity index (χ4n) is 1.45. The predicted octanol–water partition coefficient (Wildman–Crippen LogP) is 2.34. The lowest BCUT2D eigenvalue weighted by molar-refractivity contribution is 0.586. The molecule has 0 bridgehead atoms. The Morgan fingerprint density at radius 1 is 1.14 bits per heavy atom. The first-order valence-electron chi connectivity index (χ1n) is 4.80. The van der Waals surface area contributed by atoms with E-state index in [0.29, 0.717) is 0 Å². The number of aryl methyl sites for hydroxylation is 1. The summed E-state index contributed by atoms with van der Waals surface area (Å²) >= 11 is 0. The number of pyridine rings is 1. The Kier molecular flexibility index (Phi) is 1.84. The Labute approximate surface area is 83.8 Å². The van der Waals surface area contributed by atoms with E-state index >= 15 is 0 Å². The molecule has 0 fully saturated rings. The van der Waals surface area contributed by atoms with Crippen LogP contribution in [0.3, 0.4) is 0 Å². The Morgan fingerprint density at radius 2 is 1.86 bits per heavy atom. The van der Waals surface area contributed by atoms with E-state index in [1.165, 1.54) is 5.56 Å². The molecule has 0 aliphatic rings. The first-order chi connectivity index (χ1) is 6.48. The van der Waals surface area contributed by atoms with Crippen LogP contribution in [-0.2, 0) is 5.41 Å². The van der Waals surface area contributed by atoms with Gasteiger partial charge in [-0.1, -0.05) is 26.8 Å². The molecule has 14 heavy (non-hydrogen) atoms. The quantitative estimate of drug-likeness (QED) is 0.636. The minimum atomic E-state index is 0.172. The monoisotopic (exact) mass is 189 g/mol. The topological polar surface area (TPSA) is 30.2 Å². The molecule has 0 N–H and O–H groups in total. The summed E-state index contributed by atoms with van der Waals surface area (Å²) in [4.78, 5) is 0. The Morgan fingerprint density at radius 3 is 2.50 bits per heavy atom. The number of hydrogen-bond acceptors (Lipinski definition) is 2. The van der Waals surface area contributed by atoms with Crippen molar-refractivity contribution in [3.05, 3.63) is 29.7 Å². The average molecular weight is 189 g/mol. The highest BCUT2D eigenvalue weighted by Gasteiger charge is 2.14. The van der Waals surface area contributed by atoms with Crippen LogP contribution in [-0.4, -0.2) is 14.6 Å². The van der Waals surface area contributed by atoms with E-state index in [1.54, 1.807) is 0 Å².